The van der Waals surface area contributed by atoms with E-state index in [0.29, 0.717) is 18.2 Å². The maximum atomic E-state index is 11.3. The number of aromatic carboxylic acids is 1. The molecule has 0 spiro atoms. The highest BCUT2D eigenvalue weighted by atomic mass is 16.6. The molecular formula is C14H18N2O4. The molecule has 0 unspecified atom stereocenters. The van der Waals surface area contributed by atoms with Gasteiger partial charge in [-0.05, 0) is 25.5 Å². The van der Waals surface area contributed by atoms with Crippen LogP contribution in [0.15, 0.2) is 18.2 Å². The highest BCUT2D eigenvalue weighted by molar-refractivity contribution is 5.94. The van der Waals surface area contributed by atoms with Crippen LogP contribution in [0.25, 0.3) is 0 Å². The van der Waals surface area contributed by atoms with E-state index in [4.69, 9.17) is 0 Å². The van der Waals surface area contributed by atoms with Crippen LogP contribution in [0, 0.1) is 10.1 Å². The standard InChI is InChI=1S/C14H18N2O4/c1-15(11-6-2-3-7-11)9-10-5-4-8-12(16(19)20)13(10)14(17)18/h4-5,8,11H,2-3,6-7,9H2,1H3,(H,17,18). The second kappa shape index (κ2) is 6.00. The van der Waals surface area contributed by atoms with E-state index in [1.807, 2.05) is 7.05 Å². The van der Waals surface area contributed by atoms with Crippen LogP contribution in [0.5, 0.6) is 0 Å². The fourth-order valence-electron chi connectivity index (χ4n) is 2.86. The average Bonchev–Trinajstić information content (AvgIpc) is 2.91. The van der Waals surface area contributed by atoms with Crippen molar-refractivity contribution in [2.75, 3.05) is 7.05 Å². The lowest BCUT2D eigenvalue weighted by atomic mass is 10.0. The second-order valence-electron chi connectivity index (χ2n) is 5.23. The van der Waals surface area contributed by atoms with Crippen molar-refractivity contribution in [3.05, 3.63) is 39.4 Å². The van der Waals surface area contributed by atoms with Crippen molar-refractivity contribution >= 4 is 11.7 Å². The molecule has 1 saturated carbocycles. The number of benzene rings is 1. The third kappa shape index (κ3) is 2.96. The zero-order chi connectivity index (χ0) is 14.7. The minimum atomic E-state index is -1.24. The first-order chi connectivity index (χ1) is 9.50. The molecule has 1 aliphatic carbocycles. The molecule has 20 heavy (non-hydrogen) atoms. The number of nitro groups is 1. The van der Waals surface area contributed by atoms with E-state index in [2.05, 4.69) is 4.90 Å². The van der Waals surface area contributed by atoms with Crippen LogP contribution in [0.3, 0.4) is 0 Å². The van der Waals surface area contributed by atoms with Gasteiger partial charge in [0, 0.05) is 18.7 Å². The summed E-state index contributed by atoms with van der Waals surface area (Å²) in [5.74, 6) is -1.24. The Kier molecular flexibility index (Phi) is 4.34. The summed E-state index contributed by atoms with van der Waals surface area (Å²) in [4.78, 5) is 23.7. The maximum Gasteiger partial charge on any atom is 0.343 e. The van der Waals surface area contributed by atoms with Gasteiger partial charge >= 0.3 is 5.97 Å². The topological polar surface area (TPSA) is 83.7 Å². The van der Waals surface area contributed by atoms with Gasteiger partial charge in [-0.25, -0.2) is 4.79 Å². The molecule has 1 N–H and O–H groups in total. The molecule has 0 aliphatic heterocycles. The predicted molar refractivity (Wildman–Crippen MR) is 73.8 cm³/mol. The van der Waals surface area contributed by atoms with Gasteiger partial charge in [0.15, 0.2) is 0 Å². The van der Waals surface area contributed by atoms with E-state index >= 15 is 0 Å². The van der Waals surface area contributed by atoms with E-state index in [-0.39, 0.29) is 11.3 Å². The minimum absolute atomic E-state index is 0.192. The zero-order valence-electron chi connectivity index (χ0n) is 11.4. The lowest BCUT2D eigenvalue weighted by molar-refractivity contribution is -0.385. The van der Waals surface area contributed by atoms with Crippen molar-refractivity contribution in [3.63, 3.8) is 0 Å². The lowest BCUT2D eigenvalue weighted by Crippen LogP contribution is -2.29. The molecule has 0 heterocycles. The Balaban J connectivity index is 2.28. The van der Waals surface area contributed by atoms with Gasteiger partial charge in [-0.15, -0.1) is 0 Å². The molecule has 1 fully saturated rings. The van der Waals surface area contributed by atoms with E-state index < -0.39 is 10.9 Å². The van der Waals surface area contributed by atoms with Crippen molar-refractivity contribution < 1.29 is 14.8 Å². The molecule has 2 rings (SSSR count). The summed E-state index contributed by atoms with van der Waals surface area (Å²) in [5, 5.41) is 20.2. The van der Waals surface area contributed by atoms with E-state index in [9.17, 15) is 20.0 Å². The van der Waals surface area contributed by atoms with Crippen molar-refractivity contribution in [3.8, 4) is 0 Å². The Hall–Kier alpha value is -1.95. The van der Waals surface area contributed by atoms with E-state index in [1.165, 1.54) is 18.9 Å². The smallest absolute Gasteiger partial charge is 0.343 e. The molecule has 0 aromatic heterocycles. The zero-order valence-corrected chi connectivity index (χ0v) is 11.4. The molecule has 6 heteroatoms. The van der Waals surface area contributed by atoms with Crippen molar-refractivity contribution in [2.45, 2.75) is 38.3 Å². The number of rotatable bonds is 5. The summed E-state index contributed by atoms with van der Waals surface area (Å²) in [6.45, 7) is 0.425. The molecule has 6 nitrogen and oxygen atoms in total. The Morgan fingerprint density at radius 2 is 2.10 bits per heavy atom. The van der Waals surface area contributed by atoms with Gasteiger partial charge in [-0.1, -0.05) is 25.0 Å². The van der Waals surface area contributed by atoms with Crippen LogP contribution in [0.2, 0.25) is 0 Å². The Labute approximate surface area is 117 Å². The summed E-state index contributed by atoms with van der Waals surface area (Å²) >= 11 is 0. The number of carbonyl (C=O) groups is 1. The van der Waals surface area contributed by atoms with Crippen LogP contribution >= 0.6 is 0 Å². The third-order valence-corrected chi connectivity index (χ3v) is 3.91. The SMILES string of the molecule is CN(Cc1cccc([N+](=O)[O-])c1C(=O)O)C1CCCC1. The van der Waals surface area contributed by atoms with Crippen molar-refractivity contribution in [2.24, 2.45) is 0 Å². The molecule has 0 atom stereocenters. The first-order valence-electron chi connectivity index (χ1n) is 6.70. The number of nitrogens with zero attached hydrogens (tertiary/aromatic N) is 2. The molecule has 1 aromatic rings. The quantitative estimate of drug-likeness (QED) is 0.661. The largest absolute Gasteiger partial charge is 0.477 e. The van der Waals surface area contributed by atoms with E-state index in [0.717, 1.165) is 12.8 Å². The molecule has 0 amide bonds. The third-order valence-electron chi connectivity index (χ3n) is 3.91. The molecule has 0 saturated heterocycles. The minimum Gasteiger partial charge on any atom is -0.477 e. The number of carboxylic acids is 1. The summed E-state index contributed by atoms with van der Waals surface area (Å²) in [7, 11) is 1.94. The molecular weight excluding hydrogens is 260 g/mol. The van der Waals surface area contributed by atoms with Gasteiger partial charge < -0.3 is 5.11 Å². The van der Waals surface area contributed by atoms with Gasteiger partial charge in [-0.3, -0.25) is 15.0 Å². The highest BCUT2D eigenvalue weighted by Gasteiger charge is 2.26. The van der Waals surface area contributed by atoms with Gasteiger partial charge in [0.25, 0.3) is 5.69 Å². The molecule has 0 radical (unpaired) electrons. The summed E-state index contributed by atoms with van der Waals surface area (Å²) < 4.78 is 0. The van der Waals surface area contributed by atoms with Gasteiger partial charge in [0.05, 0.1) is 4.92 Å². The van der Waals surface area contributed by atoms with Gasteiger partial charge in [-0.2, -0.15) is 0 Å². The number of hydrogen-bond acceptors (Lipinski definition) is 4. The van der Waals surface area contributed by atoms with Gasteiger partial charge in [0.1, 0.15) is 5.56 Å². The molecule has 108 valence electrons. The summed E-state index contributed by atoms with van der Waals surface area (Å²) in [5.41, 5.74) is -0.0294. The van der Waals surface area contributed by atoms with Crippen LogP contribution < -0.4 is 0 Å². The summed E-state index contributed by atoms with van der Waals surface area (Å²) in [6.07, 6.45) is 4.59. The molecule has 0 bridgehead atoms. The maximum absolute atomic E-state index is 11.3. The van der Waals surface area contributed by atoms with E-state index in [1.54, 1.807) is 12.1 Å². The van der Waals surface area contributed by atoms with Crippen LogP contribution in [0.4, 0.5) is 5.69 Å². The Morgan fingerprint density at radius 1 is 1.45 bits per heavy atom. The van der Waals surface area contributed by atoms with Crippen molar-refractivity contribution in [1.82, 2.24) is 4.90 Å². The van der Waals surface area contributed by atoms with Crippen LogP contribution in [-0.2, 0) is 6.54 Å². The number of carboxylic acid groups (broad SMARTS) is 1. The van der Waals surface area contributed by atoms with Crippen molar-refractivity contribution in [1.29, 1.82) is 0 Å². The normalized spacial score (nSPS) is 15.7. The Morgan fingerprint density at radius 3 is 2.65 bits per heavy atom. The average molecular weight is 278 g/mol. The summed E-state index contributed by atoms with van der Waals surface area (Å²) in [6, 6.07) is 4.88. The second-order valence-corrected chi connectivity index (χ2v) is 5.23. The predicted octanol–water partition coefficient (Wildman–Crippen LogP) is 2.67. The number of hydrogen-bond donors (Lipinski definition) is 1. The van der Waals surface area contributed by atoms with Crippen LogP contribution in [0.1, 0.15) is 41.6 Å². The first kappa shape index (κ1) is 14.5. The van der Waals surface area contributed by atoms with Crippen LogP contribution in [-0.4, -0.2) is 34.0 Å². The monoisotopic (exact) mass is 278 g/mol. The highest BCUT2D eigenvalue weighted by Crippen LogP contribution is 2.27. The molecule has 1 aromatic carbocycles. The fraction of sp³-hybridized carbons (Fsp3) is 0.500. The molecule has 1 aliphatic rings. The fourth-order valence-corrected chi connectivity index (χ4v) is 2.86. The lowest BCUT2D eigenvalue weighted by Gasteiger charge is -2.24. The first-order valence-corrected chi connectivity index (χ1v) is 6.70. The van der Waals surface area contributed by atoms with Gasteiger partial charge in [0.2, 0.25) is 0 Å². The Bertz CT molecular complexity index is 524. The number of nitro benzene ring substituents is 1.